The van der Waals surface area contributed by atoms with Gasteiger partial charge in [-0.2, -0.15) is 0 Å². The Morgan fingerprint density at radius 2 is 1.71 bits per heavy atom. The zero-order chi connectivity index (χ0) is 13.1. The number of aliphatic hydroxyl groups excluding tert-OH is 1. The van der Waals surface area contributed by atoms with Gasteiger partial charge in [0.1, 0.15) is 0 Å². The van der Waals surface area contributed by atoms with Gasteiger partial charge in [-0.3, -0.25) is 4.90 Å². The highest BCUT2D eigenvalue weighted by atomic mass is 16.3. The number of likely N-dealkylation sites (tertiary alicyclic amines) is 1. The Labute approximate surface area is 107 Å². The van der Waals surface area contributed by atoms with Crippen LogP contribution < -0.4 is 0 Å². The Morgan fingerprint density at radius 3 is 2.12 bits per heavy atom. The van der Waals surface area contributed by atoms with E-state index in [0.29, 0.717) is 11.8 Å². The quantitative estimate of drug-likeness (QED) is 0.771. The summed E-state index contributed by atoms with van der Waals surface area (Å²) < 4.78 is 0. The SMILES string of the molecule is CCC(C)(C(O)C(C)CC(C)C)N1CCCC1. The minimum atomic E-state index is -0.201. The molecule has 0 aliphatic carbocycles. The summed E-state index contributed by atoms with van der Waals surface area (Å²) in [5.74, 6) is 1.06. The molecule has 0 saturated carbocycles. The molecule has 2 nitrogen and oxygen atoms in total. The third kappa shape index (κ3) is 3.45. The van der Waals surface area contributed by atoms with Gasteiger partial charge in [0.05, 0.1) is 6.10 Å². The molecule has 3 unspecified atom stereocenters. The second kappa shape index (κ2) is 6.19. The van der Waals surface area contributed by atoms with Crippen molar-refractivity contribution in [3.05, 3.63) is 0 Å². The molecule has 1 rings (SSSR count). The summed E-state index contributed by atoms with van der Waals surface area (Å²) in [5.41, 5.74) is -0.0230. The molecule has 17 heavy (non-hydrogen) atoms. The zero-order valence-corrected chi connectivity index (χ0v) is 12.4. The summed E-state index contributed by atoms with van der Waals surface area (Å²) in [4.78, 5) is 2.51. The topological polar surface area (TPSA) is 23.5 Å². The van der Waals surface area contributed by atoms with Crippen LogP contribution in [0, 0.1) is 11.8 Å². The molecule has 1 saturated heterocycles. The minimum absolute atomic E-state index is 0.0230. The van der Waals surface area contributed by atoms with Gasteiger partial charge in [-0.1, -0.05) is 27.7 Å². The first-order chi connectivity index (χ1) is 7.91. The Bertz CT molecular complexity index is 223. The van der Waals surface area contributed by atoms with Crippen molar-refractivity contribution in [1.82, 2.24) is 4.90 Å². The summed E-state index contributed by atoms with van der Waals surface area (Å²) in [5, 5.41) is 10.7. The molecule has 1 aliphatic heterocycles. The van der Waals surface area contributed by atoms with Gasteiger partial charge < -0.3 is 5.11 Å². The van der Waals surface area contributed by atoms with Crippen LogP contribution in [0.2, 0.25) is 0 Å². The first-order valence-corrected chi connectivity index (χ1v) is 7.35. The van der Waals surface area contributed by atoms with E-state index in [1.807, 2.05) is 0 Å². The predicted molar refractivity (Wildman–Crippen MR) is 74.1 cm³/mol. The van der Waals surface area contributed by atoms with E-state index in [2.05, 4.69) is 39.5 Å². The van der Waals surface area contributed by atoms with Gasteiger partial charge in [-0.05, 0) is 57.5 Å². The lowest BCUT2D eigenvalue weighted by molar-refractivity contribution is -0.0454. The zero-order valence-electron chi connectivity index (χ0n) is 12.4. The molecule has 0 radical (unpaired) electrons. The second-order valence-corrected chi connectivity index (χ2v) is 6.46. The predicted octanol–water partition coefficient (Wildman–Crippen LogP) is 3.29. The molecule has 102 valence electrons. The molecule has 0 aromatic rings. The van der Waals surface area contributed by atoms with Gasteiger partial charge in [0.15, 0.2) is 0 Å². The minimum Gasteiger partial charge on any atom is -0.391 e. The fourth-order valence-corrected chi connectivity index (χ4v) is 3.33. The smallest absolute Gasteiger partial charge is 0.0746 e. The van der Waals surface area contributed by atoms with Crippen molar-refractivity contribution >= 4 is 0 Å². The van der Waals surface area contributed by atoms with Gasteiger partial charge in [-0.15, -0.1) is 0 Å². The maximum atomic E-state index is 10.7. The lowest BCUT2D eigenvalue weighted by Crippen LogP contribution is -2.55. The molecule has 3 atom stereocenters. The van der Waals surface area contributed by atoms with E-state index in [9.17, 15) is 5.11 Å². The van der Waals surface area contributed by atoms with Gasteiger partial charge in [-0.25, -0.2) is 0 Å². The molecule has 0 amide bonds. The molecule has 0 aromatic carbocycles. The van der Waals surface area contributed by atoms with Crippen molar-refractivity contribution in [2.45, 2.75) is 71.9 Å². The number of nitrogens with zero attached hydrogens (tertiary/aromatic N) is 1. The molecule has 1 aliphatic rings. The standard InChI is InChI=1S/C15H31NO/c1-6-15(5,16-9-7-8-10-16)14(17)13(4)11-12(2)3/h12-14,17H,6-11H2,1-5H3. The van der Waals surface area contributed by atoms with Crippen molar-refractivity contribution in [3.63, 3.8) is 0 Å². The third-order valence-electron chi connectivity index (χ3n) is 4.56. The highest BCUT2D eigenvalue weighted by molar-refractivity contribution is 4.95. The van der Waals surface area contributed by atoms with Crippen LogP contribution in [-0.4, -0.2) is 34.7 Å². The summed E-state index contributed by atoms with van der Waals surface area (Å²) in [6.45, 7) is 13.5. The average Bonchev–Trinajstić information content (AvgIpc) is 2.79. The fourth-order valence-electron chi connectivity index (χ4n) is 3.33. The van der Waals surface area contributed by atoms with Crippen molar-refractivity contribution in [1.29, 1.82) is 0 Å². The van der Waals surface area contributed by atoms with E-state index in [0.717, 1.165) is 25.9 Å². The molecule has 1 heterocycles. The average molecular weight is 241 g/mol. The van der Waals surface area contributed by atoms with Crippen molar-refractivity contribution in [2.24, 2.45) is 11.8 Å². The highest BCUT2D eigenvalue weighted by Crippen LogP contribution is 2.33. The van der Waals surface area contributed by atoms with Gasteiger partial charge >= 0.3 is 0 Å². The Hall–Kier alpha value is -0.0800. The van der Waals surface area contributed by atoms with E-state index >= 15 is 0 Å². The molecule has 1 fully saturated rings. The molecule has 1 N–H and O–H groups in total. The Balaban J connectivity index is 2.69. The maximum Gasteiger partial charge on any atom is 0.0746 e. The molecule has 0 aromatic heterocycles. The van der Waals surface area contributed by atoms with Gasteiger partial charge in [0.25, 0.3) is 0 Å². The molecular weight excluding hydrogens is 210 g/mol. The van der Waals surface area contributed by atoms with Crippen LogP contribution in [0.4, 0.5) is 0 Å². The van der Waals surface area contributed by atoms with Crippen LogP contribution >= 0.6 is 0 Å². The fraction of sp³-hybridized carbons (Fsp3) is 1.00. The third-order valence-corrected chi connectivity index (χ3v) is 4.56. The number of rotatable bonds is 6. The first kappa shape index (κ1) is 15.0. The van der Waals surface area contributed by atoms with Crippen molar-refractivity contribution < 1.29 is 5.11 Å². The number of hydrogen-bond acceptors (Lipinski definition) is 2. The lowest BCUT2D eigenvalue weighted by Gasteiger charge is -2.44. The van der Waals surface area contributed by atoms with E-state index in [1.165, 1.54) is 12.8 Å². The van der Waals surface area contributed by atoms with Crippen LogP contribution in [0.3, 0.4) is 0 Å². The highest BCUT2D eigenvalue weighted by Gasteiger charge is 2.40. The van der Waals surface area contributed by atoms with Crippen LogP contribution in [0.15, 0.2) is 0 Å². The van der Waals surface area contributed by atoms with E-state index < -0.39 is 0 Å². The monoisotopic (exact) mass is 241 g/mol. The molecule has 2 heteroatoms. The Morgan fingerprint density at radius 1 is 1.18 bits per heavy atom. The summed E-state index contributed by atoms with van der Waals surface area (Å²) in [7, 11) is 0. The second-order valence-electron chi connectivity index (χ2n) is 6.46. The Kier molecular flexibility index (Phi) is 5.46. The summed E-state index contributed by atoms with van der Waals surface area (Å²) in [6, 6.07) is 0. The van der Waals surface area contributed by atoms with Gasteiger partial charge in [0, 0.05) is 5.54 Å². The molecule has 0 bridgehead atoms. The maximum absolute atomic E-state index is 10.7. The van der Waals surface area contributed by atoms with Crippen molar-refractivity contribution in [2.75, 3.05) is 13.1 Å². The lowest BCUT2D eigenvalue weighted by atomic mass is 9.79. The van der Waals surface area contributed by atoms with E-state index in [1.54, 1.807) is 0 Å². The summed E-state index contributed by atoms with van der Waals surface area (Å²) >= 11 is 0. The molecule has 0 spiro atoms. The number of hydrogen-bond donors (Lipinski definition) is 1. The van der Waals surface area contributed by atoms with E-state index in [4.69, 9.17) is 0 Å². The van der Waals surface area contributed by atoms with Crippen LogP contribution in [0.1, 0.15) is 60.3 Å². The largest absolute Gasteiger partial charge is 0.391 e. The van der Waals surface area contributed by atoms with E-state index in [-0.39, 0.29) is 11.6 Å². The first-order valence-electron chi connectivity index (χ1n) is 7.35. The van der Waals surface area contributed by atoms with Crippen LogP contribution in [-0.2, 0) is 0 Å². The van der Waals surface area contributed by atoms with Crippen LogP contribution in [0.5, 0.6) is 0 Å². The number of aliphatic hydroxyl groups is 1. The van der Waals surface area contributed by atoms with Crippen LogP contribution in [0.25, 0.3) is 0 Å². The molecular formula is C15H31NO. The summed E-state index contributed by atoms with van der Waals surface area (Å²) in [6.07, 6.45) is 4.54. The van der Waals surface area contributed by atoms with Crippen molar-refractivity contribution in [3.8, 4) is 0 Å². The van der Waals surface area contributed by atoms with Gasteiger partial charge in [0.2, 0.25) is 0 Å². The normalized spacial score (nSPS) is 24.9.